The van der Waals surface area contributed by atoms with E-state index in [0.29, 0.717) is 11.8 Å². The van der Waals surface area contributed by atoms with Gasteiger partial charge in [-0.1, -0.05) is 6.42 Å². The molecule has 2 unspecified atom stereocenters. The van der Waals surface area contributed by atoms with Gasteiger partial charge in [0.15, 0.2) is 17.2 Å². The van der Waals surface area contributed by atoms with Gasteiger partial charge in [0.05, 0.1) is 6.42 Å². The van der Waals surface area contributed by atoms with Crippen molar-refractivity contribution in [2.24, 2.45) is 0 Å². The van der Waals surface area contributed by atoms with Crippen LogP contribution in [-0.2, 0) is 29.7 Å². The minimum atomic E-state index is -2.57. The third-order valence-electron chi connectivity index (χ3n) is 3.13. The van der Waals surface area contributed by atoms with E-state index in [1.54, 1.807) is 0 Å². The molecule has 1 heterocycles. The summed E-state index contributed by atoms with van der Waals surface area (Å²) in [5, 5.41) is 0.506. The molecule has 1 aliphatic heterocycles. The molecular formula is C10H12O6S. The van der Waals surface area contributed by atoms with Crippen molar-refractivity contribution in [3.63, 3.8) is 0 Å². The van der Waals surface area contributed by atoms with Crippen molar-refractivity contribution < 1.29 is 27.8 Å². The molecule has 17 heavy (non-hydrogen) atoms. The zero-order valence-electron chi connectivity index (χ0n) is 9.05. The fourth-order valence-electron chi connectivity index (χ4n) is 2.26. The second kappa shape index (κ2) is 4.67. The smallest absolute Gasteiger partial charge is 0.217 e. The zero-order valence-corrected chi connectivity index (χ0v) is 9.86. The van der Waals surface area contributed by atoms with E-state index in [4.69, 9.17) is 9.78 Å². The topological polar surface area (TPSA) is 86.7 Å². The van der Waals surface area contributed by atoms with Crippen molar-refractivity contribution in [3.05, 3.63) is 0 Å². The van der Waals surface area contributed by atoms with E-state index in [0.717, 1.165) is 19.3 Å². The molecule has 0 radical (unpaired) electrons. The minimum Gasteiger partial charge on any atom is -0.296 e. The second-order valence-electron chi connectivity index (χ2n) is 4.25. The molecule has 2 fully saturated rings. The molecule has 2 atom stereocenters. The maximum atomic E-state index is 11.9. The van der Waals surface area contributed by atoms with Gasteiger partial charge >= 0.3 is 0 Å². The fraction of sp³-hybridized carbons (Fsp3) is 0.700. The Morgan fingerprint density at radius 2 is 2.12 bits per heavy atom. The van der Waals surface area contributed by atoms with E-state index >= 15 is 0 Å². The van der Waals surface area contributed by atoms with Gasteiger partial charge in [0.2, 0.25) is 10.3 Å². The highest BCUT2D eigenvalue weighted by atomic mass is 32.2. The van der Waals surface area contributed by atoms with Crippen LogP contribution in [0, 0.1) is 0 Å². The molecule has 94 valence electrons. The van der Waals surface area contributed by atoms with E-state index in [-0.39, 0.29) is 11.9 Å². The van der Waals surface area contributed by atoms with E-state index in [2.05, 4.69) is 0 Å². The summed E-state index contributed by atoms with van der Waals surface area (Å²) in [4.78, 5) is 32.9. The van der Waals surface area contributed by atoms with Gasteiger partial charge in [-0.2, -0.15) is 8.42 Å². The van der Waals surface area contributed by atoms with E-state index in [1.165, 1.54) is 0 Å². The molecule has 0 aromatic rings. The maximum absolute atomic E-state index is 11.9. The normalized spacial score (nSPS) is 30.9. The van der Waals surface area contributed by atoms with Gasteiger partial charge in [-0.15, -0.1) is 0 Å². The molecular weight excluding hydrogens is 248 g/mol. The predicted molar refractivity (Wildman–Crippen MR) is 56.8 cm³/mol. The number of hydrogen-bond donors (Lipinski definition) is 0. The first-order valence-corrected chi connectivity index (χ1v) is 6.52. The highest BCUT2D eigenvalue weighted by Gasteiger charge is 2.57. The summed E-state index contributed by atoms with van der Waals surface area (Å²) in [7, 11) is -2.57. The van der Waals surface area contributed by atoms with Gasteiger partial charge < -0.3 is 0 Å². The van der Waals surface area contributed by atoms with Crippen LogP contribution in [0.1, 0.15) is 32.1 Å². The van der Waals surface area contributed by atoms with Crippen molar-refractivity contribution in [1.29, 1.82) is 0 Å². The first-order chi connectivity index (χ1) is 8.04. The Kier molecular flexibility index (Phi) is 3.41. The van der Waals surface area contributed by atoms with Crippen LogP contribution >= 0.6 is 0 Å². The summed E-state index contributed by atoms with van der Waals surface area (Å²) in [6, 6.07) is 0. The van der Waals surface area contributed by atoms with Crippen LogP contribution in [0.4, 0.5) is 0 Å². The number of fused-ring (bicyclic) bond motifs is 1. The fourth-order valence-corrected chi connectivity index (χ4v) is 2.55. The number of Topliss-reactive ketones (excluding diaryl/α,β-unsaturated/α-hetero) is 2. The van der Waals surface area contributed by atoms with Crippen molar-refractivity contribution in [1.82, 2.24) is 0 Å². The molecule has 0 aromatic carbocycles. The van der Waals surface area contributed by atoms with Crippen LogP contribution in [0.3, 0.4) is 0 Å². The summed E-state index contributed by atoms with van der Waals surface area (Å²) in [6.45, 7) is 0. The Bertz CT molecular complexity index is 471. The molecule has 0 N–H and O–H groups in total. The summed E-state index contributed by atoms with van der Waals surface area (Å²) in [5.74, 6) is -1.11. The lowest BCUT2D eigenvalue weighted by atomic mass is 9.77. The largest absolute Gasteiger partial charge is 0.296 e. The van der Waals surface area contributed by atoms with Gasteiger partial charge in [0, 0.05) is 0 Å². The van der Waals surface area contributed by atoms with E-state index in [1.807, 2.05) is 0 Å². The van der Waals surface area contributed by atoms with Crippen LogP contribution in [0.25, 0.3) is 0 Å². The number of hydrogen-bond acceptors (Lipinski definition) is 6. The predicted octanol–water partition coefficient (Wildman–Crippen LogP) is -0.161. The average molecular weight is 260 g/mol. The molecule has 0 aromatic heterocycles. The van der Waals surface area contributed by atoms with Crippen LogP contribution in [-0.4, -0.2) is 37.1 Å². The number of ketones is 2. The highest BCUT2D eigenvalue weighted by Crippen LogP contribution is 2.43. The summed E-state index contributed by atoms with van der Waals surface area (Å²) >= 11 is 0. The molecule has 0 amide bonds. The number of carbonyl (C=O) groups is 2. The third-order valence-corrected chi connectivity index (χ3v) is 3.59. The second-order valence-corrected chi connectivity index (χ2v) is 5.00. The molecule has 2 aliphatic rings. The van der Waals surface area contributed by atoms with Crippen LogP contribution < -0.4 is 0 Å². The number of rotatable bonds is 4. The van der Waals surface area contributed by atoms with Crippen molar-refractivity contribution in [2.45, 2.75) is 43.8 Å². The third kappa shape index (κ3) is 2.31. The summed E-state index contributed by atoms with van der Waals surface area (Å²) in [6.07, 6.45) is 2.34. The standard InChI is InChI=1S/C10H12O6S/c11-7(6-17(13)14)5-8(12)10-4-2-1-3-9(10)15-16-10/h6,9H,1-5H2. The Labute approximate surface area is 99.4 Å². The van der Waals surface area contributed by atoms with E-state index in [9.17, 15) is 18.0 Å². The first kappa shape index (κ1) is 12.4. The van der Waals surface area contributed by atoms with Crippen molar-refractivity contribution in [3.8, 4) is 0 Å². The molecule has 7 heteroatoms. The lowest BCUT2D eigenvalue weighted by Gasteiger charge is -2.48. The average Bonchev–Trinajstić information content (AvgIpc) is 2.18. The molecule has 6 nitrogen and oxygen atoms in total. The molecule has 1 aliphatic carbocycles. The van der Waals surface area contributed by atoms with Gasteiger partial charge in [0.25, 0.3) is 0 Å². The molecule has 1 saturated heterocycles. The molecule has 2 rings (SSSR count). The first-order valence-electron chi connectivity index (χ1n) is 5.38. The Hall–Kier alpha value is -1.05. The lowest BCUT2D eigenvalue weighted by Crippen LogP contribution is -2.63. The number of carbonyl (C=O) groups excluding carboxylic acids is 2. The van der Waals surface area contributed by atoms with Crippen LogP contribution in [0.15, 0.2) is 0 Å². The Morgan fingerprint density at radius 1 is 1.35 bits per heavy atom. The summed E-state index contributed by atoms with van der Waals surface area (Å²) < 4.78 is 20.6. The van der Waals surface area contributed by atoms with Gasteiger partial charge in [-0.05, 0) is 19.3 Å². The lowest BCUT2D eigenvalue weighted by molar-refractivity contribution is -0.500. The minimum absolute atomic E-state index is 0.283. The van der Waals surface area contributed by atoms with Crippen LogP contribution in [0.2, 0.25) is 0 Å². The Morgan fingerprint density at radius 3 is 2.65 bits per heavy atom. The maximum Gasteiger partial charge on any atom is 0.217 e. The highest BCUT2D eigenvalue weighted by molar-refractivity contribution is 7.73. The SMILES string of the molecule is O=C(C=S(=O)=O)CC(=O)C12CCCCC1OO2. The zero-order chi connectivity index (χ0) is 12.5. The van der Waals surface area contributed by atoms with E-state index < -0.39 is 28.1 Å². The van der Waals surface area contributed by atoms with Crippen LogP contribution in [0.5, 0.6) is 0 Å². The molecule has 0 bridgehead atoms. The van der Waals surface area contributed by atoms with Gasteiger partial charge in [0.1, 0.15) is 11.5 Å². The quantitative estimate of drug-likeness (QED) is 0.396. The summed E-state index contributed by atoms with van der Waals surface area (Å²) in [5.41, 5.74) is -1.01. The molecule has 1 saturated carbocycles. The van der Waals surface area contributed by atoms with Crippen molar-refractivity contribution in [2.75, 3.05) is 0 Å². The monoisotopic (exact) mass is 260 g/mol. The molecule has 0 spiro atoms. The van der Waals surface area contributed by atoms with Gasteiger partial charge in [-0.25, -0.2) is 9.78 Å². The van der Waals surface area contributed by atoms with Gasteiger partial charge in [-0.3, -0.25) is 9.59 Å². The Balaban J connectivity index is 2.05. The van der Waals surface area contributed by atoms with Crippen molar-refractivity contribution >= 4 is 27.2 Å².